The van der Waals surface area contributed by atoms with Crippen molar-refractivity contribution in [3.05, 3.63) is 65.4 Å². The highest BCUT2D eigenvalue weighted by Gasteiger charge is 2.24. The SMILES string of the molecule is CCCCOc1ccc(C2=N/C(=C\c3ccc(OC)cc3)C(=O)O2)cc1. The number of benzene rings is 2. The van der Waals surface area contributed by atoms with Gasteiger partial charge in [0.15, 0.2) is 5.70 Å². The summed E-state index contributed by atoms with van der Waals surface area (Å²) >= 11 is 0. The van der Waals surface area contributed by atoms with Crippen LogP contribution in [0.25, 0.3) is 6.08 Å². The third-order valence-electron chi connectivity index (χ3n) is 3.91. The Hall–Kier alpha value is -3.08. The van der Waals surface area contributed by atoms with Gasteiger partial charge >= 0.3 is 5.97 Å². The summed E-state index contributed by atoms with van der Waals surface area (Å²) in [7, 11) is 1.61. The number of rotatable bonds is 7. The van der Waals surface area contributed by atoms with E-state index in [0.717, 1.165) is 35.5 Å². The van der Waals surface area contributed by atoms with E-state index in [9.17, 15) is 4.79 Å². The molecule has 0 fully saturated rings. The van der Waals surface area contributed by atoms with Crippen molar-refractivity contribution in [2.45, 2.75) is 19.8 Å². The molecule has 1 aliphatic heterocycles. The van der Waals surface area contributed by atoms with Gasteiger partial charge in [0.25, 0.3) is 0 Å². The van der Waals surface area contributed by atoms with E-state index in [4.69, 9.17) is 14.2 Å². The van der Waals surface area contributed by atoms with E-state index in [2.05, 4.69) is 11.9 Å². The predicted molar refractivity (Wildman–Crippen MR) is 100 cm³/mol. The lowest BCUT2D eigenvalue weighted by molar-refractivity contribution is -0.129. The van der Waals surface area contributed by atoms with Crippen LogP contribution < -0.4 is 9.47 Å². The molecule has 0 bridgehead atoms. The molecule has 26 heavy (non-hydrogen) atoms. The summed E-state index contributed by atoms with van der Waals surface area (Å²) in [6, 6.07) is 14.7. The Balaban J connectivity index is 1.73. The van der Waals surface area contributed by atoms with Crippen molar-refractivity contribution in [3.63, 3.8) is 0 Å². The van der Waals surface area contributed by atoms with Gasteiger partial charge in [-0.05, 0) is 54.5 Å². The quantitative estimate of drug-likeness (QED) is 0.426. The molecule has 1 heterocycles. The van der Waals surface area contributed by atoms with Crippen LogP contribution in [0, 0.1) is 0 Å². The number of methoxy groups -OCH3 is 1. The average Bonchev–Trinajstić information content (AvgIpc) is 3.03. The van der Waals surface area contributed by atoms with Gasteiger partial charge in [0.1, 0.15) is 11.5 Å². The molecule has 1 aliphatic rings. The maximum atomic E-state index is 12.1. The molecule has 0 saturated heterocycles. The maximum absolute atomic E-state index is 12.1. The second-order valence-corrected chi connectivity index (χ2v) is 5.84. The highest BCUT2D eigenvalue weighted by molar-refractivity contribution is 6.12. The van der Waals surface area contributed by atoms with Gasteiger partial charge in [0.05, 0.1) is 13.7 Å². The standard InChI is InChI=1S/C21H21NO4/c1-3-4-13-25-18-11-7-16(8-12-18)20-22-19(21(23)26-20)14-15-5-9-17(24-2)10-6-15/h5-12,14H,3-4,13H2,1-2H3/b19-14-. The number of nitrogens with zero attached hydrogens (tertiary/aromatic N) is 1. The Kier molecular flexibility index (Phi) is 5.69. The van der Waals surface area contributed by atoms with Crippen LogP contribution in [0.15, 0.2) is 59.2 Å². The van der Waals surface area contributed by atoms with Crippen LogP contribution in [0.4, 0.5) is 0 Å². The minimum Gasteiger partial charge on any atom is -0.497 e. The lowest BCUT2D eigenvalue weighted by atomic mass is 10.2. The van der Waals surface area contributed by atoms with E-state index in [-0.39, 0.29) is 5.70 Å². The fourth-order valence-electron chi connectivity index (χ4n) is 2.42. The molecule has 0 amide bonds. The fraction of sp³-hybridized carbons (Fsp3) is 0.238. The first-order valence-corrected chi connectivity index (χ1v) is 8.59. The van der Waals surface area contributed by atoms with Crippen LogP contribution in [-0.2, 0) is 9.53 Å². The molecule has 3 rings (SSSR count). The first kappa shape index (κ1) is 17.7. The zero-order valence-corrected chi connectivity index (χ0v) is 14.9. The van der Waals surface area contributed by atoms with Crippen LogP contribution >= 0.6 is 0 Å². The van der Waals surface area contributed by atoms with Gasteiger partial charge in [-0.1, -0.05) is 25.5 Å². The van der Waals surface area contributed by atoms with Crippen LogP contribution in [0.5, 0.6) is 11.5 Å². The number of carbonyl (C=O) groups excluding carboxylic acids is 1. The summed E-state index contributed by atoms with van der Waals surface area (Å²) in [5.41, 5.74) is 1.86. The molecule has 0 N–H and O–H groups in total. The van der Waals surface area contributed by atoms with E-state index in [1.54, 1.807) is 13.2 Å². The Bertz CT molecular complexity index is 820. The molecule has 0 unspecified atom stereocenters. The highest BCUT2D eigenvalue weighted by Crippen LogP contribution is 2.22. The predicted octanol–water partition coefficient (Wildman–Crippen LogP) is 4.22. The summed E-state index contributed by atoms with van der Waals surface area (Å²) in [6.07, 6.45) is 3.80. The van der Waals surface area contributed by atoms with Crippen molar-refractivity contribution in [1.29, 1.82) is 0 Å². The Morgan fingerprint density at radius 2 is 1.73 bits per heavy atom. The second-order valence-electron chi connectivity index (χ2n) is 5.84. The van der Waals surface area contributed by atoms with Crippen molar-refractivity contribution >= 4 is 17.9 Å². The average molecular weight is 351 g/mol. The summed E-state index contributed by atoms with van der Waals surface area (Å²) in [5, 5.41) is 0. The molecular formula is C21H21NO4. The smallest absolute Gasteiger partial charge is 0.363 e. The Morgan fingerprint density at radius 1 is 1.04 bits per heavy atom. The van der Waals surface area contributed by atoms with Crippen molar-refractivity contribution < 1.29 is 19.0 Å². The summed E-state index contributed by atoms with van der Waals surface area (Å²) in [5.74, 6) is 1.39. The van der Waals surface area contributed by atoms with Gasteiger partial charge in [-0.25, -0.2) is 9.79 Å². The van der Waals surface area contributed by atoms with E-state index < -0.39 is 5.97 Å². The Morgan fingerprint density at radius 3 is 2.38 bits per heavy atom. The normalized spacial score (nSPS) is 14.9. The zero-order valence-electron chi connectivity index (χ0n) is 14.9. The second kappa shape index (κ2) is 8.34. The first-order chi connectivity index (χ1) is 12.7. The van der Waals surface area contributed by atoms with E-state index >= 15 is 0 Å². The number of hydrogen-bond acceptors (Lipinski definition) is 5. The molecule has 0 atom stereocenters. The van der Waals surface area contributed by atoms with E-state index in [0.29, 0.717) is 12.5 Å². The lowest BCUT2D eigenvalue weighted by Gasteiger charge is -2.05. The fourth-order valence-corrected chi connectivity index (χ4v) is 2.42. The minimum absolute atomic E-state index is 0.272. The third kappa shape index (κ3) is 4.30. The van der Waals surface area contributed by atoms with Gasteiger partial charge in [-0.3, -0.25) is 0 Å². The van der Waals surface area contributed by atoms with Crippen LogP contribution in [0.3, 0.4) is 0 Å². The van der Waals surface area contributed by atoms with Crippen LogP contribution in [0.1, 0.15) is 30.9 Å². The third-order valence-corrected chi connectivity index (χ3v) is 3.91. The van der Waals surface area contributed by atoms with Crippen LogP contribution in [0.2, 0.25) is 0 Å². The molecule has 0 aromatic heterocycles. The molecule has 0 aliphatic carbocycles. The first-order valence-electron chi connectivity index (χ1n) is 8.59. The van der Waals surface area contributed by atoms with Gasteiger partial charge in [-0.2, -0.15) is 0 Å². The van der Waals surface area contributed by atoms with Gasteiger partial charge in [-0.15, -0.1) is 0 Å². The summed E-state index contributed by atoms with van der Waals surface area (Å²) in [4.78, 5) is 16.4. The molecule has 2 aromatic carbocycles. The molecule has 5 heteroatoms. The monoisotopic (exact) mass is 351 g/mol. The molecule has 5 nitrogen and oxygen atoms in total. The molecule has 134 valence electrons. The number of cyclic esters (lactones) is 1. The van der Waals surface area contributed by atoms with Crippen molar-refractivity contribution in [2.24, 2.45) is 4.99 Å². The highest BCUT2D eigenvalue weighted by atomic mass is 16.6. The molecular weight excluding hydrogens is 330 g/mol. The number of aliphatic imine (C=N–C) groups is 1. The van der Waals surface area contributed by atoms with Crippen molar-refractivity contribution in [3.8, 4) is 11.5 Å². The van der Waals surface area contributed by atoms with Crippen molar-refractivity contribution in [1.82, 2.24) is 0 Å². The van der Waals surface area contributed by atoms with Crippen LogP contribution in [-0.4, -0.2) is 25.6 Å². The Labute approximate surface area is 152 Å². The molecule has 0 spiro atoms. The number of ether oxygens (including phenoxy) is 3. The molecule has 0 saturated carbocycles. The summed E-state index contributed by atoms with van der Waals surface area (Å²) < 4.78 is 16.1. The van der Waals surface area contributed by atoms with Gasteiger partial charge in [0.2, 0.25) is 5.90 Å². The summed E-state index contributed by atoms with van der Waals surface area (Å²) in [6.45, 7) is 2.82. The largest absolute Gasteiger partial charge is 0.497 e. The topological polar surface area (TPSA) is 57.1 Å². The van der Waals surface area contributed by atoms with E-state index in [1.165, 1.54) is 0 Å². The number of unbranched alkanes of at least 4 members (excludes halogenated alkanes) is 1. The molecule has 0 radical (unpaired) electrons. The number of carbonyl (C=O) groups is 1. The lowest BCUT2D eigenvalue weighted by Crippen LogP contribution is -2.05. The van der Waals surface area contributed by atoms with Gasteiger partial charge in [0, 0.05) is 5.56 Å². The molecule has 2 aromatic rings. The number of esters is 1. The van der Waals surface area contributed by atoms with E-state index in [1.807, 2.05) is 48.5 Å². The minimum atomic E-state index is -0.459. The van der Waals surface area contributed by atoms with Crippen molar-refractivity contribution in [2.75, 3.05) is 13.7 Å². The maximum Gasteiger partial charge on any atom is 0.363 e. The van der Waals surface area contributed by atoms with Gasteiger partial charge < -0.3 is 14.2 Å². The zero-order chi connectivity index (χ0) is 18.4. The number of hydrogen-bond donors (Lipinski definition) is 0.